The highest BCUT2D eigenvalue weighted by Crippen LogP contribution is 2.31. The number of aromatic amines is 1. The van der Waals surface area contributed by atoms with Crippen molar-refractivity contribution in [2.24, 2.45) is 0 Å². The largest absolute Gasteiger partial charge is 0.422 e. The highest BCUT2D eigenvalue weighted by molar-refractivity contribution is 9.10. The minimum Gasteiger partial charge on any atom is -0.422 e. The Morgan fingerprint density at radius 3 is 2.91 bits per heavy atom. The molecule has 0 bridgehead atoms. The number of nitriles is 1. The molecular formula is C24H12BrN5O4S. The molecule has 3 heterocycles. The van der Waals surface area contributed by atoms with E-state index < -0.39 is 10.5 Å². The molecule has 0 atom stereocenters. The predicted molar refractivity (Wildman–Crippen MR) is 135 cm³/mol. The second kappa shape index (κ2) is 9.09. The van der Waals surface area contributed by atoms with E-state index in [4.69, 9.17) is 4.42 Å². The average Bonchev–Trinajstić information content (AvgIpc) is 3.52. The molecule has 0 fully saturated rings. The Bertz CT molecular complexity index is 1740. The van der Waals surface area contributed by atoms with Crippen LogP contribution < -0.4 is 5.63 Å². The first-order chi connectivity index (χ1) is 16.9. The number of allylic oxidation sites excluding steroid dienone is 1. The first-order valence-electron chi connectivity index (χ1n) is 10.0. The molecule has 11 heteroatoms. The molecule has 5 aromatic rings. The molecule has 0 saturated carbocycles. The number of nitrogens with one attached hydrogen (secondary N) is 1. The standard InChI is InChI=1S/C24H12BrN5O4S/c25-17-4-5-21-14(7-17)9-19(24(31)34-21)20-12-35-23(28-20)15(10-26)6-16-11-27-29-22(16)13-2-1-3-18(8-13)30(32)33/h1-9,11-12H,(H,27,29). The van der Waals surface area contributed by atoms with Gasteiger partial charge in [-0.15, -0.1) is 11.3 Å². The summed E-state index contributed by atoms with van der Waals surface area (Å²) >= 11 is 4.62. The van der Waals surface area contributed by atoms with E-state index in [1.165, 1.54) is 29.7 Å². The number of hydrogen-bond donors (Lipinski definition) is 1. The zero-order valence-electron chi connectivity index (χ0n) is 17.6. The summed E-state index contributed by atoms with van der Waals surface area (Å²) in [5, 5.41) is 30.6. The first-order valence-corrected chi connectivity index (χ1v) is 11.7. The number of fused-ring (bicyclic) bond motifs is 1. The van der Waals surface area contributed by atoms with Crippen LogP contribution in [0.15, 0.2) is 73.8 Å². The van der Waals surface area contributed by atoms with Gasteiger partial charge < -0.3 is 4.42 Å². The summed E-state index contributed by atoms with van der Waals surface area (Å²) in [5.41, 5.74) is 2.46. The van der Waals surface area contributed by atoms with Crippen molar-refractivity contribution in [2.75, 3.05) is 0 Å². The molecule has 0 amide bonds. The Labute approximate surface area is 209 Å². The van der Waals surface area contributed by atoms with Gasteiger partial charge in [-0.1, -0.05) is 28.1 Å². The van der Waals surface area contributed by atoms with Gasteiger partial charge in [0.05, 0.1) is 33.6 Å². The van der Waals surface area contributed by atoms with Crippen LogP contribution in [0.5, 0.6) is 0 Å². The summed E-state index contributed by atoms with van der Waals surface area (Å²) in [7, 11) is 0. The van der Waals surface area contributed by atoms with E-state index in [1.54, 1.807) is 41.8 Å². The molecule has 2 aromatic carbocycles. The van der Waals surface area contributed by atoms with Crippen molar-refractivity contribution in [1.29, 1.82) is 5.26 Å². The fourth-order valence-corrected chi connectivity index (χ4v) is 4.67. The maximum Gasteiger partial charge on any atom is 0.345 e. The zero-order valence-corrected chi connectivity index (χ0v) is 20.0. The summed E-state index contributed by atoms with van der Waals surface area (Å²) in [6.07, 6.45) is 3.12. The van der Waals surface area contributed by atoms with E-state index in [9.17, 15) is 20.2 Å². The molecule has 9 nitrogen and oxygen atoms in total. The van der Waals surface area contributed by atoms with Crippen LogP contribution in [-0.2, 0) is 0 Å². The van der Waals surface area contributed by atoms with E-state index in [1.807, 2.05) is 6.07 Å². The second-order valence-corrected chi connectivity index (χ2v) is 9.12. The molecule has 3 aromatic heterocycles. The number of benzene rings is 2. The molecule has 0 aliphatic heterocycles. The van der Waals surface area contributed by atoms with Crippen LogP contribution in [0.3, 0.4) is 0 Å². The van der Waals surface area contributed by atoms with E-state index in [2.05, 4.69) is 37.2 Å². The number of non-ortho nitro benzene ring substituents is 1. The SMILES string of the molecule is N#CC(=Cc1cn[nH]c1-c1cccc([N+](=O)[O-])c1)c1nc(-c2cc3cc(Br)ccc3oc2=O)cs1. The summed E-state index contributed by atoms with van der Waals surface area (Å²) in [6, 6.07) is 15.3. The topological polar surface area (TPSA) is 139 Å². The van der Waals surface area contributed by atoms with Crippen molar-refractivity contribution in [1.82, 2.24) is 15.2 Å². The molecule has 0 spiro atoms. The van der Waals surface area contributed by atoms with Gasteiger partial charge in [-0.3, -0.25) is 15.2 Å². The third-order valence-electron chi connectivity index (χ3n) is 5.14. The van der Waals surface area contributed by atoms with Crippen LogP contribution in [-0.4, -0.2) is 20.1 Å². The zero-order chi connectivity index (χ0) is 24.5. The second-order valence-electron chi connectivity index (χ2n) is 7.35. The molecule has 0 unspecified atom stereocenters. The van der Waals surface area contributed by atoms with Gasteiger partial charge in [-0.2, -0.15) is 10.4 Å². The van der Waals surface area contributed by atoms with Gasteiger partial charge in [0.1, 0.15) is 16.7 Å². The monoisotopic (exact) mass is 545 g/mol. The molecule has 35 heavy (non-hydrogen) atoms. The number of aromatic nitrogens is 3. The third kappa shape index (κ3) is 4.40. The van der Waals surface area contributed by atoms with Gasteiger partial charge in [0.2, 0.25) is 0 Å². The Hall–Kier alpha value is -4.40. The summed E-state index contributed by atoms with van der Waals surface area (Å²) < 4.78 is 6.27. The van der Waals surface area contributed by atoms with Crippen molar-refractivity contribution >= 4 is 55.6 Å². The fraction of sp³-hybridized carbons (Fsp3) is 0. The van der Waals surface area contributed by atoms with E-state index in [0.29, 0.717) is 33.1 Å². The van der Waals surface area contributed by atoms with Crippen LogP contribution in [0.1, 0.15) is 10.6 Å². The van der Waals surface area contributed by atoms with Crippen molar-refractivity contribution in [3.05, 3.63) is 95.7 Å². The maximum absolute atomic E-state index is 12.5. The number of H-pyrrole nitrogens is 1. The molecule has 170 valence electrons. The average molecular weight is 546 g/mol. The summed E-state index contributed by atoms with van der Waals surface area (Å²) in [6.45, 7) is 0. The van der Waals surface area contributed by atoms with Gasteiger partial charge in [0.25, 0.3) is 5.69 Å². The number of thiazole rings is 1. The van der Waals surface area contributed by atoms with Crippen LogP contribution >= 0.6 is 27.3 Å². The van der Waals surface area contributed by atoms with Crippen molar-refractivity contribution < 1.29 is 9.34 Å². The molecule has 0 aliphatic carbocycles. The highest BCUT2D eigenvalue weighted by Gasteiger charge is 2.16. The quantitative estimate of drug-likeness (QED) is 0.123. The third-order valence-corrected chi connectivity index (χ3v) is 6.51. The van der Waals surface area contributed by atoms with Gasteiger partial charge in [0, 0.05) is 38.5 Å². The van der Waals surface area contributed by atoms with E-state index >= 15 is 0 Å². The Morgan fingerprint density at radius 1 is 1.26 bits per heavy atom. The minimum absolute atomic E-state index is 0.0571. The Morgan fingerprint density at radius 2 is 2.11 bits per heavy atom. The van der Waals surface area contributed by atoms with Crippen LogP contribution in [0.4, 0.5) is 5.69 Å². The smallest absolute Gasteiger partial charge is 0.345 e. The van der Waals surface area contributed by atoms with Crippen molar-refractivity contribution in [2.45, 2.75) is 0 Å². The number of nitro benzene ring substituents is 1. The molecule has 0 saturated heterocycles. The number of nitrogens with zero attached hydrogens (tertiary/aromatic N) is 4. The maximum atomic E-state index is 12.5. The minimum atomic E-state index is -0.526. The lowest BCUT2D eigenvalue weighted by Gasteiger charge is -2.01. The van der Waals surface area contributed by atoms with E-state index in [0.717, 1.165) is 9.86 Å². The van der Waals surface area contributed by atoms with Crippen LogP contribution in [0, 0.1) is 21.4 Å². The summed E-state index contributed by atoms with van der Waals surface area (Å²) in [4.78, 5) is 27.7. The lowest BCUT2D eigenvalue weighted by Crippen LogP contribution is -2.02. The summed E-state index contributed by atoms with van der Waals surface area (Å²) in [5.74, 6) is 0. The van der Waals surface area contributed by atoms with Crippen molar-refractivity contribution in [3.8, 4) is 28.6 Å². The van der Waals surface area contributed by atoms with Gasteiger partial charge >= 0.3 is 5.63 Å². The van der Waals surface area contributed by atoms with Gasteiger partial charge in [-0.25, -0.2) is 9.78 Å². The predicted octanol–water partition coefficient (Wildman–Crippen LogP) is 6.04. The van der Waals surface area contributed by atoms with Crippen LogP contribution in [0.2, 0.25) is 0 Å². The number of halogens is 1. The van der Waals surface area contributed by atoms with Crippen LogP contribution in [0.25, 0.3) is 45.1 Å². The lowest BCUT2D eigenvalue weighted by molar-refractivity contribution is -0.384. The molecule has 5 rings (SSSR count). The Balaban J connectivity index is 1.53. The van der Waals surface area contributed by atoms with E-state index in [-0.39, 0.29) is 16.8 Å². The lowest BCUT2D eigenvalue weighted by atomic mass is 10.1. The molecular weight excluding hydrogens is 534 g/mol. The normalized spacial score (nSPS) is 11.5. The fourth-order valence-electron chi connectivity index (χ4n) is 3.50. The first kappa shape index (κ1) is 22.4. The van der Waals surface area contributed by atoms with Gasteiger partial charge in [0.15, 0.2) is 0 Å². The number of nitro groups is 1. The number of rotatable bonds is 5. The molecule has 0 aliphatic rings. The van der Waals surface area contributed by atoms with Crippen molar-refractivity contribution in [3.63, 3.8) is 0 Å². The van der Waals surface area contributed by atoms with Gasteiger partial charge in [-0.05, 0) is 30.3 Å². The highest BCUT2D eigenvalue weighted by atomic mass is 79.9. The number of hydrogen-bond acceptors (Lipinski definition) is 8. The molecule has 0 radical (unpaired) electrons. The molecule has 1 N–H and O–H groups in total. The Kier molecular flexibility index (Phi) is 5.82.